The molecule has 114 valence electrons. The zero-order valence-electron chi connectivity index (χ0n) is 11.5. The Bertz CT molecular complexity index is 760. The Labute approximate surface area is 136 Å². The van der Waals surface area contributed by atoms with Crippen LogP contribution in [0.25, 0.3) is 0 Å². The Morgan fingerprint density at radius 1 is 1.00 bits per heavy atom. The molecule has 3 N–H and O–H groups in total. The summed E-state index contributed by atoms with van der Waals surface area (Å²) >= 11 is 11.6. The molecule has 0 aliphatic heterocycles. The lowest BCUT2D eigenvalue weighted by Crippen LogP contribution is -2.19. The highest BCUT2D eigenvalue weighted by atomic mass is 35.5. The molecule has 0 aromatic heterocycles. The third-order valence-electron chi connectivity index (χ3n) is 2.88. The molecule has 0 radical (unpaired) electrons. The number of carbonyl (C=O) groups excluding carboxylic acids is 1. The van der Waals surface area contributed by atoms with Crippen molar-refractivity contribution < 1.29 is 15.0 Å². The van der Waals surface area contributed by atoms with E-state index >= 15 is 0 Å². The molecule has 0 heterocycles. The van der Waals surface area contributed by atoms with Crippen molar-refractivity contribution >= 4 is 34.8 Å². The van der Waals surface area contributed by atoms with Crippen LogP contribution in [-0.2, 0) is 0 Å². The first-order chi connectivity index (χ1) is 10.4. The fourth-order valence-electron chi connectivity index (χ4n) is 1.74. The largest absolute Gasteiger partial charge is 0.507 e. The summed E-state index contributed by atoms with van der Waals surface area (Å²) in [6.07, 6.45) is 0. The van der Waals surface area contributed by atoms with Gasteiger partial charge in [-0.25, -0.2) is 5.43 Å². The molecule has 2 aromatic carbocycles. The highest BCUT2D eigenvalue weighted by Crippen LogP contribution is 2.23. The van der Waals surface area contributed by atoms with Crippen LogP contribution < -0.4 is 5.43 Å². The van der Waals surface area contributed by atoms with Crippen molar-refractivity contribution in [3.05, 3.63) is 57.6 Å². The number of aromatic hydroxyl groups is 2. The number of phenols is 2. The van der Waals surface area contributed by atoms with Gasteiger partial charge in [-0.1, -0.05) is 23.2 Å². The van der Waals surface area contributed by atoms with Gasteiger partial charge in [0, 0.05) is 15.6 Å². The normalized spacial score (nSPS) is 11.3. The average molecular weight is 339 g/mol. The third kappa shape index (κ3) is 3.69. The van der Waals surface area contributed by atoms with Crippen molar-refractivity contribution in [2.75, 3.05) is 0 Å². The minimum absolute atomic E-state index is 0.000587. The summed E-state index contributed by atoms with van der Waals surface area (Å²) in [5.74, 6) is -0.841. The standard InChI is InChI=1S/C15H12Cl2N2O3/c1-8(11-6-9(16)2-4-13(11)20)18-19-15(22)12-7-10(17)3-5-14(12)21/h2-7,20-21H,1H3,(H,19,22)/b18-8+. The van der Waals surface area contributed by atoms with Crippen molar-refractivity contribution in [2.24, 2.45) is 5.10 Å². The van der Waals surface area contributed by atoms with Gasteiger partial charge in [-0.3, -0.25) is 4.79 Å². The second kappa shape index (κ2) is 6.68. The lowest BCUT2D eigenvalue weighted by atomic mass is 10.1. The molecule has 0 aliphatic rings. The van der Waals surface area contributed by atoms with Crippen LogP contribution in [0, 0.1) is 0 Å². The van der Waals surface area contributed by atoms with E-state index in [2.05, 4.69) is 10.5 Å². The second-order valence-corrected chi connectivity index (χ2v) is 5.33. The van der Waals surface area contributed by atoms with Crippen molar-refractivity contribution in [3.8, 4) is 11.5 Å². The van der Waals surface area contributed by atoms with Crippen LogP contribution >= 0.6 is 23.2 Å². The van der Waals surface area contributed by atoms with E-state index in [0.29, 0.717) is 21.3 Å². The van der Waals surface area contributed by atoms with E-state index in [0.717, 1.165) is 0 Å². The molecule has 2 aromatic rings. The third-order valence-corrected chi connectivity index (χ3v) is 3.35. The van der Waals surface area contributed by atoms with Gasteiger partial charge >= 0.3 is 0 Å². The van der Waals surface area contributed by atoms with Crippen LogP contribution in [0.5, 0.6) is 11.5 Å². The van der Waals surface area contributed by atoms with Gasteiger partial charge in [0.1, 0.15) is 11.5 Å². The van der Waals surface area contributed by atoms with Crippen LogP contribution in [0.15, 0.2) is 41.5 Å². The Morgan fingerprint density at radius 3 is 2.09 bits per heavy atom. The number of hydrogen-bond acceptors (Lipinski definition) is 4. The number of benzene rings is 2. The molecule has 0 aliphatic carbocycles. The van der Waals surface area contributed by atoms with Crippen molar-refractivity contribution in [1.82, 2.24) is 5.43 Å². The first-order valence-corrected chi connectivity index (χ1v) is 6.96. The average Bonchev–Trinajstić information content (AvgIpc) is 2.49. The molecule has 0 atom stereocenters. The first kappa shape index (κ1) is 16.1. The number of amides is 1. The van der Waals surface area contributed by atoms with Gasteiger partial charge in [-0.2, -0.15) is 5.10 Å². The lowest BCUT2D eigenvalue weighted by Gasteiger charge is -2.07. The highest BCUT2D eigenvalue weighted by Gasteiger charge is 2.12. The zero-order chi connectivity index (χ0) is 16.3. The Kier molecular flexibility index (Phi) is 4.90. The maximum absolute atomic E-state index is 12.0. The van der Waals surface area contributed by atoms with Gasteiger partial charge in [0.25, 0.3) is 5.91 Å². The maximum Gasteiger partial charge on any atom is 0.275 e. The first-order valence-electron chi connectivity index (χ1n) is 6.20. The molecule has 0 saturated heterocycles. The van der Waals surface area contributed by atoms with Gasteiger partial charge in [-0.15, -0.1) is 0 Å². The summed E-state index contributed by atoms with van der Waals surface area (Å²) in [5, 5.41) is 24.0. The van der Waals surface area contributed by atoms with E-state index in [9.17, 15) is 15.0 Å². The highest BCUT2D eigenvalue weighted by molar-refractivity contribution is 6.31. The van der Waals surface area contributed by atoms with Crippen LogP contribution in [0.1, 0.15) is 22.8 Å². The molecule has 0 spiro atoms. The SMILES string of the molecule is C/C(=N\NC(=O)c1cc(Cl)ccc1O)c1cc(Cl)ccc1O. The van der Waals surface area contributed by atoms with E-state index in [-0.39, 0.29) is 17.1 Å². The number of hydrazone groups is 1. The van der Waals surface area contributed by atoms with E-state index in [1.165, 1.54) is 36.4 Å². The molecule has 1 amide bonds. The smallest absolute Gasteiger partial charge is 0.275 e. The van der Waals surface area contributed by atoms with Crippen molar-refractivity contribution in [2.45, 2.75) is 6.92 Å². The van der Waals surface area contributed by atoms with Crippen molar-refractivity contribution in [1.29, 1.82) is 0 Å². The second-order valence-electron chi connectivity index (χ2n) is 4.46. The van der Waals surface area contributed by atoms with Gasteiger partial charge < -0.3 is 10.2 Å². The van der Waals surface area contributed by atoms with E-state index < -0.39 is 5.91 Å². The number of nitrogens with zero attached hydrogens (tertiary/aromatic N) is 1. The Morgan fingerprint density at radius 2 is 1.50 bits per heavy atom. The number of carbonyl (C=O) groups is 1. The predicted octanol–water partition coefficient (Wildman–Crippen LogP) is 3.56. The van der Waals surface area contributed by atoms with Crippen molar-refractivity contribution in [3.63, 3.8) is 0 Å². The summed E-state index contributed by atoms with van der Waals surface area (Å²) < 4.78 is 0. The summed E-state index contributed by atoms with van der Waals surface area (Å²) in [4.78, 5) is 12.0. The molecule has 0 saturated carbocycles. The number of hydrogen-bond donors (Lipinski definition) is 3. The molecule has 0 fully saturated rings. The molecule has 22 heavy (non-hydrogen) atoms. The molecule has 7 heteroatoms. The van der Waals surface area contributed by atoms with Crippen LogP contribution in [-0.4, -0.2) is 21.8 Å². The molecule has 5 nitrogen and oxygen atoms in total. The number of rotatable bonds is 3. The minimum atomic E-state index is -0.624. The molecule has 0 bridgehead atoms. The van der Waals surface area contributed by atoms with E-state index in [4.69, 9.17) is 23.2 Å². The van der Waals surface area contributed by atoms with Crippen LogP contribution in [0.3, 0.4) is 0 Å². The zero-order valence-corrected chi connectivity index (χ0v) is 13.0. The van der Waals surface area contributed by atoms with Crippen LogP contribution in [0.2, 0.25) is 10.0 Å². The van der Waals surface area contributed by atoms with Gasteiger partial charge in [0.15, 0.2) is 0 Å². The summed E-state index contributed by atoms with van der Waals surface area (Å²) in [5.41, 5.74) is 3.04. The Hall–Kier alpha value is -2.24. The summed E-state index contributed by atoms with van der Waals surface area (Å²) in [6, 6.07) is 8.60. The van der Waals surface area contributed by atoms with E-state index in [1.54, 1.807) is 6.92 Å². The minimum Gasteiger partial charge on any atom is -0.507 e. The lowest BCUT2D eigenvalue weighted by molar-refractivity contribution is 0.0952. The molecule has 0 unspecified atom stereocenters. The van der Waals surface area contributed by atoms with Gasteiger partial charge in [-0.05, 0) is 43.3 Å². The summed E-state index contributed by atoms with van der Waals surface area (Å²) in [7, 11) is 0. The number of phenolic OH excluding ortho intramolecular Hbond substituents is 2. The van der Waals surface area contributed by atoms with Gasteiger partial charge in [0.2, 0.25) is 0 Å². The maximum atomic E-state index is 12.0. The van der Waals surface area contributed by atoms with Gasteiger partial charge in [0.05, 0.1) is 11.3 Å². The predicted molar refractivity (Wildman–Crippen MR) is 85.9 cm³/mol. The molecular weight excluding hydrogens is 327 g/mol. The van der Waals surface area contributed by atoms with E-state index in [1.807, 2.05) is 0 Å². The molecular formula is C15H12Cl2N2O3. The Balaban J connectivity index is 2.22. The number of halogens is 2. The molecule has 2 rings (SSSR count). The fourth-order valence-corrected chi connectivity index (χ4v) is 2.09. The fraction of sp³-hybridized carbons (Fsp3) is 0.0667. The summed E-state index contributed by atoms with van der Waals surface area (Å²) in [6.45, 7) is 1.60. The number of nitrogens with one attached hydrogen (secondary N) is 1. The van der Waals surface area contributed by atoms with Crippen LogP contribution in [0.4, 0.5) is 0 Å². The quantitative estimate of drug-likeness (QED) is 0.591. The topological polar surface area (TPSA) is 81.9 Å². The monoisotopic (exact) mass is 338 g/mol.